The van der Waals surface area contributed by atoms with Crippen LogP contribution in [0.5, 0.6) is 0 Å². The van der Waals surface area contributed by atoms with Gasteiger partial charge in [0.2, 0.25) is 0 Å². The molecule has 0 heterocycles. The van der Waals surface area contributed by atoms with Gasteiger partial charge in [-0.25, -0.2) is 0 Å². The summed E-state index contributed by atoms with van der Waals surface area (Å²) in [6, 6.07) is 0.0972. The Morgan fingerprint density at radius 2 is 2.00 bits per heavy atom. The number of rotatable bonds is 1. The molecule has 0 aromatic rings. The average Bonchev–Trinajstić information content (AvgIpc) is 2.15. The Kier molecular flexibility index (Phi) is 2.05. The molecule has 0 aliphatic heterocycles. The van der Waals surface area contributed by atoms with Crippen LogP contribution in [0, 0.1) is 0 Å². The minimum atomic E-state index is -0.560. The van der Waals surface area contributed by atoms with Crippen LogP contribution in [0.4, 0.5) is 0 Å². The van der Waals surface area contributed by atoms with Gasteiger partial charge in [0.25, 0.3) is 0 Å². The van der Waals surface area contributed by atoms with E-state index in [1.165, 1.54) is 0 Å². The number of aliphatic hydroxyl groups is 2. The van der Waals surface area contributed by atoms with Crippen molar-refractivity contribution in [3.05, 3.63) is 0 Å². The third kappa shape index (κ3) is 1.23. The van der Waals surface area contributed by atoms with E-state index in [-0.39, 0.29) is 6.04 Å². The summed E-state index contributed by atoms with van der Waals surface area (Å²) >= 11 is 0. The minimum Gasteiger partial charge on any atom is -0.390 e. The molecule has 0 amide bonds. The van der Waals surface area contributed by atoms with Crippen molar-refractivity contribution in [3.8, 4) is 0 Å². The van der Waals surface area contributed by atoms with Crippen molar-refractivity contribution in [2.75, 3.05) is 7.05 Å². The zero-order chi connectivity index (χ0) is 6.85. The zero-order valence-electron chi connectivity index (χ0n) is 5.54. The van der Waals surface area contributed by atoms with Gasteiger partial charge in [0.05, 0.1) is 12.2 Å². The van der Waals surface area contributed by atoms with Crippen molar-refractivity contribution in [1.82, 2.24) is 5.32 Å². The first-order chi connectivity index (χ1) is 4.25. The van der Waals surface area contributed by atoms with Crippen molar-refractivity contribution < 1.29 is 10.2 Å². The van der Waals surface area contributed by atoms with E-state index in [9.17, 15) is 0 Å². The standard InChI is InChI=1S/C6H13NO2/c1-7-4-2-3-5(8)6(4)9/h4-9H,2-3H2,1H3/t4-,5-,6+/m0/s1. The van der Waals surface area contributed by atoms with Gasteiger partial charge in [0, 0.05) is 6.04 Å². The van der Waals surface area contributed by atoms with Gasteiger partial charge in [-0.1, -0.05) is 0 Å². The third-order valence-electron chi connectivity index (χ3n) is 1.95. The summed E-state index contributed by atoms with van der Waals surface area (Å²) in [6.07, 6.45) is 0.517. The lowest BCUT2D eigenvalue weighted by atomic mass is 10.2. The van der Waals surface area contributed by atoms with Crippen LogP contribution < -0.4 is 5.32 Å². The molecule has 3 nitrogen and oxygen atoms in total. The van der Waals surface area contributed by atoms with Crippen LogP contribution in [0.15, 0.2) is 0 Å². The summed E-state index contributed by atoms with van der Waals surface area (Å²) in [5, 5.41) is 21.1. The van der Waals surface area contributed by atoms with Gasteiger partial charge >= 0.3 is 0 Å². The minimum absolute atomic E-state index is 0.0972. The third-order valence-corrected chi connectivity index (χ3v) is 1.95. The Hall–Kier alpha value is -0.120. The van der Waals surface area contributed by atoms with Crippen LogP contribution >= 0.6 is 0 Å². The molecule has 0 aromatic carbocycles. The fourth-order valence-electron chi connectivity index (χ4n) is 1.28. The maximum atomic E-state index is 9.14. The van der Waals surface area contributed by atoms with Crippen molar-refractivity contribution in [2.24, 2.45) is 0 Å². The summed E-state index contributed by atoms with van der Waals surface area (Å²) in [5.41, 5.74) is 0. The average molecular weight is 131 g/mol. The van der Waals surface area contributed by atoms with Gasteiger partial charge in [-0.05, 0) is 19.9 Å². The molecule has 3 N–H and O–H groups in total. The monoisotopic (exact) mass is 131 g/mol. The number of hydrogen-bond acceptors (Lipinski definition) is 3. The van der Waals surface area contributed by atoms with Gasteiger partial charge in [-0.3, -0.25) is 0 Å². The molecule has 0 unspecified atom stereocenters. The quantitative estimate of drug-likeness (QED) is 0.432. The van der Waals surface area contributed by atoms with Crippen LogP contribution in [0.25, 0.3) is 0 Å². The summed E-state index contributed by atoms with van der Waals surface area (Å²) < 4.78 is 0. The molecule has 3 heteroatoms. The van der Waals surface area contributed by atoms with E-state index in [0.717, 1.165) is 6.42 Å². The molecule has 0 aromatic heterocycles. The maximum Gasteiger partial charge on any atom is 0.0951 e. The van der Waals surface area contributed by atoms with Gasteiger partial charge in [-0.2, -0.15) is 0 Å². The highest BCUT2D eigenvalue weighted by atomic mass is 16.3. The van der Waals surface area contributed by atoms with Crippen molar-refractivity contribution >= 4 is 0 Å². The van der Waals surface area contributed by atoms with E-state index in [4.69, 9.17) is 10.2 Å². The Bertz CT molecular complexity index is 97.1. The Morgan fingerprint density at radius 3 is 2.22 bits per heavy atom. The molecule has 0 saturated heterocycles. The fraction of sp³-hybridized carbons (Fsp3) is 1.00. The number of likely N-dealkylation sites (N-methyl/N-ethyl adjacent to an activating group) is 1. The van der Waals surface area contributed by atoms with E-state index in [0.29, 0.717) is 6.42 Å². The molecule has 1 aliphatic rings. The maximum absolute atomic E-state index is 9.14. The second kappa shape index (κ2) is 2.64. The lowest BCUT2D eigenvalue weighted by molar-refractivity contribution is 0.0315. The largest absolute Gasteiger partial charge is 0.390 e. The highest BCUT2D eigenvalue weighted by molar-refractivity contribution is 4.88. The lowest BCUT2D eigenvalue weighted by Crippen LogP contribution is -2.37. The molecule has 1 fully saturated rings. The SMILES string of the molecule is CN[C@H]1CC[C@H](O)[C@@H]1O. The molecule has 54 valence electrons. The van der Waals surface area contributed by atoms with Crippen LogP contribution in [0.3, 0.4) is 0 Å². The predicted molar refractivity (Wildman–Crippen MR) is 34.1 cm³/mol. The first kappa shape index (κ1) is 6.99. The van der Waals surface area contributed by atoms with Crippen LogP contribution in [0.1, 0.15) is 12.8 Å². The molecular formula is C6H13NO2. The Balaban J connectivity index is 2.41. The molecule has 3 atom stereocenters. The molecule has 0 bridgehead atoms. The van der Waals surface area contributed by atoms with E-state index in [1.54, 1.807) is 7.05 Å². The first-order valence-corrected chi connectivity index (χ1v) is 3.29. The van der Waals surface area contributed by atoms with E-state index >= 15 is 0 Å². The van der Waals surface area contributed by atoms with Gasteiger partial charge in [0.1, 0.15) is 0 Å². The Labute approximate surface area is 54.7 Å². The van der Waals surface area contributed by atoms with Gasteiger partial charge in [-0.15, -0.1) is 0 Å². The number of hydrogen-bond donors (Lipinski definition) is 3. The summed E-state index contributed by atoms with van der Waals surface area (Å²) in [4.78, 5) is 0. The molecule has 1 saturated carbocycles. The number of nitrogens with one attached hydrogen (secondary N) is 1. The number of aliphatic hydroxyl groups excluding tert-OH is 2. The topological polar surface area (TPSA) is 52.5 Å². The fourth-order valence-corrected chi connectivity index (χ4v) is 1.28. The summed E-state index contributed by atoms with van der Waals surface area (Å²) in [5.74, 6) is 0. The smallest absolute Gasteiger partial charge is 0.0951 e. The second-order valence-electron chi connectivity index (χ2n) is 2.53. The summed E-state index contributed by atoms with van der Waals surface area (Å²) in [6.45, 7) is 0. The van der Waals surface area contributed by atoms with Crippen molar-refractivity contribution in [2.45, 2.75) is 31.1 Å². The van der Waals surface area contributed by atoms with E-state index in [2.05, 4.69) is 5.32 Å². The highest BCUT2D eigenvalue weighted by Crippen LogP contribution is 2.18. The first-order valence-electron chi connectivity index (χ1n) is 3.29. The molecule has 0 spiro atoms. The van der Waals surface area contributed by atoms with Crippen LogP contribution in [0.2, 0.25) is 0 Å². The molecular weight excluding hydrogens is 118 g/mol. The van der Waals surface area contributed by atoms with Gasteiger partial charge in [0.15, 0.2) is 0 Å². The molecule has 0 radical (unpaired) electrons. The highest BCUT2D eigenvalue weighted by Gasteiger charge is 2.31. The lowest BCUT2D eigenvalue weighted by Gasteiger charge is -2.14. The van der Waals surface area contributed by atoms with Gasteiger partial charge < -0.3 is 15.5 Å². The van der Waals surface area contributed by atoms with Crippen LogP contribution in [-0.2, 0) is 0 Å². The van der Waals surface area contributed by atoms with Crippen molar-refractivity contribution in [3.63, 3.8) is 0 Å². The molecule has 9 heavy (non-hydrogen) atoms. The molecule has 1 aliphatic carbocycles. The van der Waals surface area contributed by atoms with E-state index in [1.807, 2.05) is 0 Å². The van der Waals surface area contributed by atoms with Crippen LogP contribution in [-0.4, -0.2) is 35.5 Å². The molecule has 1 rings (SSSR count). The predicted octanol–water partition coefficient (Wildman–Crippen LogP) is -0.910. The second-order valence-corrected chi connectivity index (χ2v) is 2.53. The van der Waals surface area contributed by atoms with E-state index < -0.39 is 12.2 Å². The normalized spacial score (nSPS) is 43.7. The summed E-state index contributed by atoms with van der Waals surface area (Å²) in [7, 11) is 1.80. The Morgan fingerprint density at radius 1 is 1.33 bits per heavy atom. The van der Waals surface area contributed by atoms with Crippen molar-refractivity contribution in [1.29, 1.82) is 0 Å². The zero-order valence-corrected chi connectivity index (χ0v) is 5.54.